The molecule has 0 heterocycles. The Morgan fingerprint density at radius 3 is 2.10 bits per heavy atom. The van der Waals surface area contributed by atoms with Crippen molar-refractivity contribution in [3.8, 4) is 6.07 Å². The molecule has 1 aromatic rings. The second-order valence-electron chi connectivity index (χ2n) is 7.32. The number of nitrogens with zero attached hydrogens (tertiary/aromatic N) is 1. The zero-order chi connectivity index (χ0) is 21.4. The van der Waals surface area contributed by atoms with Crippen LogP contribution in [0.1, 0.15) is 38.2 Å². The quantitative estimate of drug-likeness (QED) is 0.408. The summed E-state index contributed by atoms with van der Waals surface area (Å²) >= 11 is 0. The minimum absolute atomic E-state index is 0.0369. The molecule has 0 N–H and O–H groups in total. The number of carbonyl (C=O) groups is 3. The predicted molar refractivity (Wildman–Crippen MR) is 96.6 cm³/mol. The van der Waals surface area contributed by atoms with Crippen LogP contribution in [0.4, 0.5) is 4.39 Å². The first-order valence-electron chi connectivity index (χ1n) is 9.40. The molecule has 2 fully saturated rings. The largest absolute Gasteiger partial charge is 0.468 e. The van der Waals surface area contributed by atoms with Gasteiger partial charge in [-0.2, -0.15) is 5.26 Å². The van der Waals surface area contributed by atoms with E-state index in [2.05, 4.69) is 0 Å². The molecule has 0 aromatic heterocycles. The standard InChI is InChI=1S/C21H22FNO6/c1-4-28-17(25)20(18(26)29-5-2)11-19(20)10-15(13-6-8-14(22)9-7-13)21(19,12-23)16(24)27-3/h6-9,15H,4-5,10-11H2,1-3H3/t15-,19-,21?/m0/s1. The molecule has 29 heavy (non-hydrogen) atoms. The van der Waals surface area contributed by atoms with E-state index in [0.29, 0.717) is 5.56 Å². The Hall–Kier alpha value is -2.95. The third kappa shape index (κ3) is 2.49. The number of benzene rings is 1. The number of hydrogen-bond donors (Lipinski definition) is 0. The highest BCUT2D eigenvalue weighted by molar-refractivity contribution is 6.08. The second kappa shape index (κ2) is 7.14. The van der Waals surface area contributed by atoms with Gasteiger partial charge in [0.05, 0.1) is 26.4 Å². The molecule has 2 saturated carbocycles. The van der Waals surface area contributed by atoms with E-state index >= 15 is 0 Å². The molecule has 8 heteroatoms. The van der Waals surface area contributed by atoms with Crippen molar-refractivity contribution in [2.45, 2.75) is 32.6 Å². The van der Waals surface area contributed by atoms with E-state index in [0.717, 1.165) is 7.11 Å². The Morgan fingerprint density at radius 1 is 1.10 bits per heavy atom. The van der Waals surface area contributed by atoms with Gasteiger partial charge < -0.3 is 14.2 Å². The monoisotopic (exact) mass is 403 g/mol. The van der Waals surface area contributed by atoms with Gasteiger partial charge in [0.25, 0.3) is 0 Å². The predicted octanol–water partition coefficient (Wildman–Crippen LogP) is 2.50. The van der Waals surface area contributed by atoms with Gasteiger partial charge in [-0.1, -0.05) is 12.1 Å². The van der Waals surface area contributed by atoms with E-state index in [1.165, 1.54) is 24.3 Å². The van der Waals surface area contributed by atoms with Crippen molar-refractivity contribution >= 4 is 17.9 Å². The highest BCUT2D eigenvalue weighted by Gasteiger charge is 2.93. The van der Waals surface area contributed by atoms with Crippen molar-refractivity contribution in [1.29, 1.82) is 5.26 Å². The van der Waals surface area contributed by atoms with Gasteiger partial charge in [0.1, 0.15) is 5.82 Å². The van der Waals surface area contributed by atoms with E-state index in [9.17, 15) is 24.0 Å². The maximum atomic E-state index is 13.4. The fourth-order valence-electron chi connectivity index (χ4n) is 4.91. The van der Waals surface area contributed by atoms with Gasteiger partial charge in [-0.3, -0.25) is 14.4 Å². The number of carbonyl (C=O) groups excluding carboxylic acids is 3. The van der Waals surface area contributed by atoms with Crippen molar-refractivity contribution in [3.05, 3.63) is 35.6 Å². The van der Waals surface area contributed by atoms with Crippen LogP contribution < -0.4 is 0 Å². The van der Waals surface area contributed by atoms with Crippen LogP contribution in [0.5, 0.6) is 0 Å². The summed E-state index contributed by atoms with van der Waals surface area (Å²) in [6.07, 6.45) is 0.150. The third-order valence-corrected chi connectivity index (χ3v) is 6.29. The first kappa shape index (κ1) is 20.8. The minimum atomic E-state index is -1.79. The molecule has 3 rings (SSSR count). The van der Waals surface area contributed by atoms with E-state index in [1.54, 1.807) is 13.8 Å². The average molecular weight is 403 g/mol. The number of nitriles is 1. The smallest absolute Gasteiger partial charge is 0.327 e. The normalized spacial score (nSPS) is 28.6. The van der Waals surface area contributed by atoms with E-state index in [-0.39, 0.29) is 26.1 Å². The van der Waals surface area contributed by atoms with Gasteiger partial charge in [-0.05, 0) is 44.4 Å². The van der Waals surface area contributed by atoms with Crippen LogP contribution >= 0.6 is 0 Å². The van der Waals surface area contributed by atoms with E-state index in [4.69, 9.17) is 14.2 Å². The van der Waals surface area contributed by atoms with E-state index < -0.39 is 45.9 Å². The maximum absolute atomic E-state index is 13.4. The zero-order valence-corrected chi connectivity index (χ0v) is 16.5. The molecule has 0 radical (unpaired) electrons. The Balaban J connectivity index is 2.12. The Labute approximate surface area is 167 Å². The second-order valence-corrected chi connectivity index (χ2v) is 7.32. The van der Waals surface area contributed by atoms with Gasteiger partial charge in [-0.25, -0.2) is 4.39 Å². The molecule has 2 aliphatic rings. The zero-order valence-electron chi connectivity index (χ0n) is 16.5. The maximum Gasteiger partial charge on any atom is 0.327 e. The molecule has 0 aliphatic heterocycles. The number of halogens is 1. The molecule has 2 aliphatic carbocycles. The molecule has 3 atom stereocenters. The van der Waals surface area contributed by atoms with Crippen molar-refractivity contribution < 1.29 is 33.0 Å². The number of esters is 3. The summed E-state index contributed by atoms with van der Waals surface area (Å²) in [4.78, 5) is 38.5. The summed E-state index contributed by atoms with van der Waals surface area (Å²) in [5.74, 6) is -3.57. The molecule has 154 valence electrons. The summed E-state index contributed by atoms with van der Waals surface area (Å²) in [5, 5.41) is 10.1. The Morgan fingerprint density at radius 2 is 1.66 bits per heavy atom. The Kier molecular flexibility index (Phi) is 5.11. The number of rotatable bonds is 6. The van der Waals surface area contributed by atoms with Crippen LogP contribution in [-0.4, -0.2) is 38.2 Å². The fourth-order valence-corrected chi connectivity index (χ4v) is 4.91. The van der Waals surface area contributed by atoms with Crippen LogP contribution in [0.15, 0.2) is 24.3 Å². The van der Waals surface area contributed by atoms with Gasteiger partial charge in [0.2, 0.25) is 0 Å². The van der Waals surface area contributed by atoms with Gasteiger partial charge in [-0.15, -0.1) is 0 Å². The van der Waals surface area contributed by atoms with Crippen molar-refractivity contribution in [3.63, 3.8) is 0 Å². The minimum Gasteiger partial charge on any atom is -0.468 e. The molecule has 1 aromatic carbocycles. The molecule has 7 nitrogen and oxygen atoms in total. The summed E-state index contributed by atoms with van der Waals surface area (Å²) in [7, 11) is 1.15. The lowest BCUT2D eigenvalue weighted by Crippen LogP contribution is -2.59. The van der Waals surface area contributed by atoms with Crippen LogP contribution in [0.2, 0.25) is 0 Å². The topological polar surface area (TPSA) is 103 Å². The van der Waals surface area contributed by atoms with Crippen LogP contribution in [0.25, 0.3) is 0 Å². The molecule has 0 saturated heterocycles. The number of hydrogen-bond acceptors (Lipinski definition) is 7. The third-order valence-electron chi connectivity index (χ3n) is 6.29. The molecule has 0 bridgehead atoms. The summed E-state index contributed by atoms with van der Waals surface area (Å²) in [6.45, 7) is 3.28. The molecular weight excluding hydrogens is 381 g/mol. The number of ether oxygens (including phenoxy) is 3. The molecule has 1 spiro atoms. The first-order valence-corrected chi connectivity index (χ1v) is 9.40. The van der Waals surface area contributed by atoms with Gasteiger partial charge in [0, 0.05) is 11.3 Å². The van der Waals surface area contributed by atoms with Crippen LogP contribution in [0, 0.1) is 33.4 Å². The lowest BCUT2D eigenvalue weighted by atomic mass is 9.46. The lowest BCUT2D eigenvalue weighted by molar-refractivity contribution is -0.179. The SMILES string of the molecule is CCOC(=O)C1(C(=O)OCC)C[C@@]12C[C@@H](c1ccc(F)cc1)C2(C#N)C(=O)OC. The molecule has 1 unspecified atom stereocenters. The van der Waals surface area contributed by atoms with Gasteiger partial charge >= 0.3 is 17.9 Å². The molecule has 0 amide bonds. The first-order chi connectivity index (χ1) is 13.8. The van der Waals surface area contributed by atoms with Crippen molar-refractivity contribution in [2.24, 2.45) is 16.2 Å². The Bertz CT molecular complexity index is 873. The lowest BCUT2D eigenvalue weighted by Gasteiger charge is -2.52. The average Bonchev–Trinajstić information content (AvgIpc) is 3.42. The summed E-state index contributed by atoms with van der Waals surface area (Å²) in [5.41, 5.74) is -4.27. The summed E-state index contributed by atoms with van der Waals surface area (Å²) < 4.78 is 28.5. The van der Waals surface area contributed by atoms with E-state index in [1.807, 2.05) is 6.07 Å². The van der Waals surface area contributed by atoms with Crippen molar-refractivity contribution in [1.82, 2.24) is 0 Å². The van der Waals surface area contributed by atoms with Gasteiger partial charge in [0.15, 0.2) is 10.8 Å². The fraction of sp³-hybridized carbons (Fsp3) is 0.524. The molecular formula is C21H22FNO6. The summed E-state index contributed by atoms with van der Waals surface area (Å²) in [6, 6.07) is 7.49. The highest BCUT2D eigenvalue weighted by atomic mass is 19.1. The van der Waals surface area contributed by atoms with Crippen LogP contribution in [-0.2, 0) is 28.6 Å². The highest BCUT2D eigenvalue weighted by Crippen LogP contribution is 2.85. The van der Waals surface area contributed by atoms with Crippen molar-refractivity contribution in [2.75, 3.05) is 20.3 Å². The van der Waals surface area contributed by atoms with Crippen LogP contribution in [0.3, 0.4) is 0 Å². The number of methoxy groups -OCH3 is 1.